The smallest absolute Gasteiger partial charge is 0.433 e. The molecule has 4 aromatic rings. The SMILES string of the molecule is CCOCCn1cc(NC(=O)c2csc(-c3cn[nH]c3C(F)(F)F)n2)c(-c2ccccn2)n1.O=CO. The molecule has 11 nitrogen and oxygen atoms in total. The Balaban J connectivity index is 0.00000115. The average Bonchev–Trinajstić information content (AvgIpc) is 3.59. The Hall–Kier alpha value is -4.11. The molecule has 0 aromatic carbocycles. The summed E-state index contributed by atoms with van der Waals surface area (Å²) in [5, 5.41) is 20.9. The number of hydrogen-bond acceptors (Lipinski definition) is 8. The number of rotatable bonds is 8. The number of pyridine rings is 1. The summed E-state index contributed by atoms with van der Waals surface area (Å²) in [6.07, 6.45) is -0.333. The van der Waals surface area contributed by atoms with Crippen molar-refractivity contribution in [1.82, 2.24) is 29.9 Å². The average molecular weight is 523 g/mol. The lowest BCUT2D eigenvalue weighted by Gasteiger charge is -2.04. The Morgan fingerprint density at radius 3 is 2.81 bits per heavy atom. The van der Waals surface area contributed by atoms with Crippen LogP contribution in [0.15, 0.2) is 42.2 Å². The number of ether oxygens (including phenoxy) is 1. The number of carbonyl (C=O) groups is 2. The molecule has 0 saturated carbocycles. The van der Waals surface area contributed by atoms with Crippen molar-refractivity contribution >= 4 is 29.4 Å². The maximum Gasteiger partial charge on any atom is 0.433 e. The molecule has 36 heavy (non-hydrogen) atoms. The second kappa shape index (κ2) is 12.0. The minimum atomic E-state index is -4.62. The number of H-pyrrole nitrogens is 1. The summed E-state index contributed by atoms with van der Waals surface area (Å²) in [5.41, 5.74) is 0.129. The topological polar surface area (TPSA) is 148 Å². The highest BCUT2D eigenvalue weighted by atomic mass is 32.1. The molecule has 0 aliphatic rings. The van der Waals surface area contributed by atoms with Gasteiger partial charge in [-0.3, -0.25) is 24.4 Å². The van der Waals surface area contributed by atoms with Crippen LogP contribution in [0.3, 0.4) is 0 Å². The van der Waals surface area contributed by atoms with Gasteiger partial charge in [0, 0.05) is 24.4 Å². The molecule has 15 heteroatoms. The van der Waals surface area contributed by atoms with Gasteiger partial charge in [-0.05, 0) is 19.1 Å². The number of aromatic amines is 1. The van der Waals surface area contributed by atoms with Crippen LogP contribution in [0.25, 0.3) is 22.0 Å². The molecule has 4 heterocycles. The van der Waals surface area contributed by atoms with E-state index in [4.69, 9.17) is 14.6 Å². The number of nitrogens with zero attached hydrogens (tertiary/aromatic N) is 5. The molecule has 1 amide bonds. The van der Waals surface area contributed by atoms with E-state index in [2.05, 4.69) is 25.5 Å². The van der Waals surface area contributed by atoms with E-state index in [9.17, 15) is 18.0 Å². The summed E-state index contributed by atoms with van der Waals surface area (Å²) in [7, 11) is 0. The van der Waals surface area contributed by atoms with Crippen LogP contribution in [0, 0.1) is 0 Å². The molecule has 3 N–H and O–H groups in total. The third kappa shape index (κ3) is 6.51. The van der Waals surface area contributed by atoms with Gasteiger partial charge in [-0.25, -0.2) is 4.98 Å². The van der Waals surface area contributed by atoms with Crippen LogP contribution >= 0.6 is 11.3 Å². The normalized spacial score (nSPS) is 11.0. The lowest BCUT2D eigenvalue weighted by atomic mass is 10.2. The number of nitrogens with one attached hydrogen (secondary N) is 2. The van der Waals surface area contributed by atoms with Crippen molar-refractivity contribution in [3.63, 3.8) is 0 Å². The Morgan fingerprint density at radius 2 is 2.14 bits per heavy atom. The molecule has 0 spiro atoms. The summed E-state index contributed by atoms with van der Waals surface area (Å²) in [5.74, 6) is -0.587. The summed E-state index contributed by atoms with van der Waals surface area (Å²) in [4.78, 5) is 29.6. The molecule has 0 aliphatic heterocycles. The first-order valence-corrected chi connectivity index (χ1v) is 11.2. The van der Waals surface area contributed by atoms with E-state index >= 15 is 0 Å². The maximum absolute atomic E-state index is 13.1. The van der Waals surface area contributed by atoms with Crippen LogP contribution < -0.4 is 5.32 Å². The van der Waals surface area contributed by atoms with Gasteiger partial charge in [0.25, 0.3) is 12.4 Å². The van der Waals surface area contributed by atoms with Gasteiger partial charge < -0.3 is 15.2 Å². The Kier molecular flexibility index (Phi) is 8.86. The van der Waals surface area contributed by atoms with Crippen molar-refractivity contribution in [1.29, 1.82) is 0 Å². The van der Waals surface area contributed by atoms with Gasteiger partial charge in [-0.1, -0.05) is 6.07 Å². The van der Waals surface area contributed by atoms with Crippen LogP contribution in [0.5, 0.6) is 0 Å². The molecular weight excluding hydrogens is 503 g/mol. The Labute approximate surface area is 206 Å². The number of amides is 1. The zero-order valence-electron chi connectivity index (χ0n) is 18.7. The third-order valence-corrected chi connectivity index (χ3v) is 5.35. The highest BCUT2D eigenvalue weighted by Crippen LogP contribution is 2.36. The lowest BCUT2D eigenvalue weighted by Crippen LogP contribution is -2.13. The minimum Gasteiger partial charge on any atom is -0.483 e. The van der Waals surface area contributed by atoms with E-state index in [1.807, 2.05) is 12.0 Å². The minimum absolute atomic E-state index is 0.0265. The Morgan fingerprint density at radius 1 is 1.36 bits per heavy atom. The van der Waals surface area contributed by atoms with Gasteiger partial charge in [0.15, 0.2) is 0 Å². The molecule has 4 aromatic heterocycles. The molecule has 0 aliphatic carbocycles. The third-order valence-electron chi connectivity index (χ3n) is 4.48. The molecule has 4 rings (SSSR count). The Bertz CT molecular complexity index is 1290. The van der Waals surface area contributed by atoms with E-state index in [0.29, 0.717) is 36.8 Å². The zero-order chi connectivity index (χ0) is 26.1. The van der Waals surface area contributed by atoms with Crippen molar-refractivity contribution in [3.8, 4) is 22.0 Å². The predicted molar refractivity (Wildman–Crippen MR) is 123 cm³/mol. The fraction of sp³-hybridized carbons (Fsp3) is 0.238. The largest absolute Gasteiger partial charge is 0.483 e. The van der Waals surface area contributed by atoms with Crippen LogP contribution in [-0.2, 0) is 22.3 Å². The number of anilines is 1. The quantitative estimate of drug-likeness (QED) is 0.233. The van der Waals surface area contributed by atoms with Crippen LogP contribution in [0.4, 0.5) is 18.9 Å². The van der Waals surface area contributed by atoms with Crippen molar-refractivity contribution in [2.45, 2.75) is 19.6 Å². The molecule has 0 saturated heterocycles. The monoisotopic (exact) mass is 523 g/mol. The number of carboxylic acid groups (broad SMARTS) is 1. The van der Waals surface area contributed by atoms with Crippen molar-refractivity contribution in [3.05, 3.63) is 53.6 Å². The number of alkyl halides is 3. The predicted octanol–water partition coefficient (Wildman–Crippen LogP) is 3.80. The first-order valence-electron chi connectivity index (χ1n) is 10.3. The van der Waals surface area contributed by atoms with E-state index in [1.54, 1.807) is 35.3 Å². The number of aromatic nitrogens is 6. The number of hydrogen-bond donors (Lipinski definition) is 3. The molecular formula is C21H20F3N7O4S. The molecule has 0 unspecified atom stereocenters. The number of thiazole rings is 1. The summed E-state index contributed by atoms with van der Waals surface area (Å²) in [6.45, 7) is 3.11. The fourth-order valence-corrected chi connectivity index (χ4v) is 3.79. The summed E-state index contributed by atoms with van der Waals surface area (Å²) >= 11 is 0.914. The van der Waals surface area contributed by atoms with Crippen LogP contribution in [0.2, 0.25) is 0 Å². The van der Waals surface area contributed by atoms with E-state index in [1.165, 1.54) is 5.38 Å². The highest BCUT2D eigenvalue weighted by Gasteiger charge is 2.36. The van der Waals surface area contributed by atoms with Gasteiger partial charge in [0.2, 0.25) is 0 Å². The summed E-state index contributed by atoms with van der Waals surface area (Å²) in [6, 6.07) is 5.31. The fourth-order valence-electron chi connectivity index (χ4n) is 2.97. The summed E-state index contributed by atoms with van der Waals surface area (Å²) < 4.78 is 46.4. The van der Waals surface area contributed by atoms with E-state index < -0.39 is 17.8 Å². The first-order chi connectivity index (χ1) is 17.3. The van der Waals surface area contributed by atoms with Gasteiger partial charge in [0.05, 0.1) is 36.3 Å². The second-order valence-electron chi connectivity index (χ2n) is 6.82. The lowest BCUT2D eigenvalue weighted by molar-refractivity contribution is -0.140. The van der Waals surface area contributed by atoms with E-state index in [0.717, 1.165) is 17.5 Å². The number of carbonyl (C=O) groups excluding carboxylic acids is 1. The highest BCUT2D eigenvalue weighted by molar-refractivity contribution is 7.13. The maximum atomic E-state index is 13.1. The van der Waals surface area contributed by atoms with Gasteiger partial charge >= 0.3 is 6.18 Å². The van der Waals surface area contributed by atoms with Crippen LogP contribution in [0.1, 0.15) is 23.1 Å². The van der Waals surface area contributed by atoms with Gasteiger partial charge in [0.1, 0.15) is 22.1 Å². The van der Waals surface area contributed by atoms with E-state index in [-0.39, 0.29) is 22.7 Å². The molecule has 0 radical (unpaired) electrons. The zero-order valence-corrected chi connectivity index (χ0v) is 19.5. The first kappa shape index (κ1) is 26.5. The second-order valence-corrected chi connectivity index (χ2v) is 7.68. The van der Waals surface area contributed by atoms with Crippen LogP contribution in [-0.4, -0.2) is 60.6 Å². The van der Waals surface area contributed by atoms with Crippen molar-refractivity contribution in [2.75, 3.05) is 18.5 Å². The number of halogens is 3. The van der Waals surface area contributed by atoms with Crippen molar-refractivity contribution < 1.29 is 32.6 Å². The van der Waals surface area contributed by atoms with Gasteiger partial charge in [-0.15, -0.1) is 11.3 Å². The molecule has 190 valence electrons. The molecule has 0 bridgehead atoms. The van der Waals surface area contributed by atoms with Gasteiger partial charge in [-0.2, -0.15) is 23.4 Å². The molecule has 0 fully saturated rings. The standard InChI is InChI=1S/C20H18F3N7O2S.CH2O2/c1-2-32-8-7-30-10-14(16(29-30)13-5-3-4-6-24-13)26-18(31)15-11-33-19(27-15)12-9-25-28-17(12)20(21,22)23;2-1-3/h3-6,9-11H,2,7-8H2,1H3,(H,25,28)(H,26,31);1H,(H,2,3). The van der Waals surface area contributed by atoms with Crippen molar-refractivity contribution in [2.24, 2.45) is 0 Å². The molecule has 0 atom stereocenters.